The molecule has 0 saturated heterocycles. The Morgan fingerprint density at radius 3 is 2.20 bits per heavy atom. The van der Waals surface area contributed by atoms with Crippen LogP contribution in [0.3, 0.4) is 0 Å². The van der Waals surface area contributed by atoms with Crippen molar-refractivity contribution in [3.63, 3.8) is 0 Å². The summed E-state index contributed by atoms with van der Waals surface area (Å²) in [4.78, 5) is 13.1. The highest BCUT2D eigenvalue weighted by molar-refractivity contribution is 7.92. The molecule has 0 fully saturated rings. The van der Waals surface area contributed by atoms with Crippen LogP contribution in [-0.2, 0) is 21.2 Å². The van der Waals surface area contributed by atoms with E-state index in [4.69, 9.17) is 14.2 Å². The van der Waals surface area contributed by atoms with Crippen LogP contribution in [0, 0.1) is 6.92 Å². The normalized spacial score (nSPS) is 11.0. The van der Waals surface area contributed by atoms with Gasteiger partial charge in [-0.25, -0.2) is 8.42 Å². The second-order valence-corrected chi connectivity index (χ2v) is 9.60. The first-order chi connectivity index (χ1) is 16.7. The number of carbonyl (C=O) groups is 1. The van der Waals surface area contributed by atoms with Crippen molar-refractivity contribution in [1.29, 1.82) is 0 Å². The number of nitrogens with zero attached hydrogens (tertiary/aromatic N) is 1. The molecule has 0 unspecified atom stereocenters. The van der Waals surface area contributed by atoms with Gasteiger partial charge >= 0.3 is 0 Å². The van der Waals surface area contributed by atoms with E-state index in [1.807, 2.05) is 32.0 Å². The van der Waals surface area contributed by atoms with Gasteiger partial charge in [-0.15, -0.1) is 0 Å². The zero-order valence-corrected chi connectivity index (χ0v) is 21.3. The van der Waals surface area contributed by atoms with Crippen molar-refractivity contribution in [2.45, 2.75) is 25.2 Å². The van der Waals surface area contributed by atoms with Crippen LogP contribution in [0.1, 0.15) is 18.1 Å². The predicted octanol–water partition coefficient (Wildman–Crippen LogP) is 4.42. The average molecular weight is 499 g/mol. The Balaban J connectivity index is 2.02. The molecule has 0 aromatic heterocycles. The van der Waals surface area contributed by atoms with E-state index in [-0.39, 0.29) is 10.6 Å². The van der Waals surface area contributed by atoms with Crippen LogP contribution in [0.25, 0.3) is 0 Å². The standard InChI is InChI=1S/C26H30N2O6S/c1-6-19-9-7-8-18(2)26(19)27-25(29)17-28(20-10-12-21(32-3)13-11-20)35(30,31)22-14-15-23(33-4)24(16-22)34-5/h7-16H,6,17H2,1-5H3,(H,27,29). The number of sulfonamides is 1. The lowest BCUT2D eigenvalue weighted by molar-refractivity contribution is -0.114. The van der Waals surface area contributed by atoms with Crippen LogP contribution >= 0.6 is 0 Å². The number of benzene rings is 3. The number of rotatable bonds is 10. The van der Waals surface area contributed by atoms with E-state index in [0.29, 0.717) is 22.9 Å². The summed E-state index contributed by atoms with van der Waals surface area (Å²) < 4.78 is 44.3. The lowest BCUT2D eigenvalue weighted by Crippen LogP contribution is -2.38. The number of hydrogen-bond acceptors (Lipinski definition) is 6. The molecule has 186 valence electrons. The smallest absolute Gasteiger partial charge is 0.264 e. The maximum absolute atomic E-state index is 13.8. The van der Waals surface area contributed by atoms with E-state index in [9.17, 15) is 13.2 Å². The second-order valence-electron chi connectivity index (χ2n) is 7.74. The number of hydrogen-bond donors (Lipinski definition) is 1. The van der Waals surface area contributed by atoms with Crippen molar-refractivity contribution in [1.82, 2.24) is 0 Å². The monoisotopic (exact) mass is 498 g/mol. The summed E-state index contributed by atoms with van der Waals surface area (Å²) >= 11 is 0. The van der Waals surface area contributed by atoms with Crippen molar-refractivity contribution >= 4 is 27.3 Å². The van der Waals surface area contributed by atoms with E-state index < -0.39 is 22.5 Å². The highest BCUT2D eigenvalue weighted by Gasteiger charge is 2.29. The predicted molar refractivity (Wildman–Crippen MR) is 136 cm³/mol. The Kier molecular flexibility index (Phi) is 8.24. The summed E-state index contributed by atoms with van der Waals surface area (Å²) in [5, 5.41) is 2.90. The van der Waals surface area contributed by atoms with Crippen LogP contribution in [-0.4, -0.2) is 42.2 Å². The van der Waals surface area contributed by atoms with Gasteiger partial charge in [-0.05, 0) is 60.9 Å². The number of nitrogens with one attached hydrogen (secondary N) is 1. The number of ether oxygens (including phenoxy) is 3. The van der Waals surface area contributed by atoms with Gasteiger partial charge in [-0.2, -0.15) is 0 Å². The molecule has 3 rings (SSSR count). The first-order valence-corrected chi connectivity index (χ1v) is 12.5. The molecule has 3 aromatic carbocycles. The van der Waals surface area contributed by atoms with Gasteiger partial charge in [0.25, 0.3) is 10.0 Å². The molecule has 0 aliphatic rings. The van der Waals surface area contributed by atoms with E-state index in [1.54, 1.807) is 24.3 Å². The minimum Gasteiger partial charge on any atom is -0.497 e. The van der Waals surface area contributed by atoms with Gasteiger partial charge in [-0.3, -0.25) is 9.10 Å². The molecule has 0 heterocycles. The van der Waals surface area contributed by atoms with Crippen LogP contribution < -0.4 is 23.8 Å². The minimum absolute atomic E-state index is 0.0380. The summed E-state index contributed by atoms with van der Waals surface area (Å²) in [5.41, 5.74) is 2.88. The summed E-state index contributed by atoms with van der Waals surface area (Å²) in [6, 6.07) is 16.5. The molecule has 0 saturated carbocycles. The lowest BCUT2D eigenvalue weighted by atomic mass is 10.1. The second kappa shape index (κ2) is 11.1. The number of carbonyl (C=O) groups excluding carboxylic acids is 1. The highest BCUT2D eigenvalue weighted by Crippen LogP contribution is 2.33. The number of para-hydroxylation sites is 1. The molecular weight excluding hydrogens is 468 g/mol. The molecule has 0 atom stereocenters. The number of methoxy groups -OCH3 is 3. The molecule has 3 aromatic rings. The number of anilines is 2. The third-order valence-electron chi connectivity index (χ3n) is 5.60. The summed E-state index contributed by atoms with van der Waals surface area (Å²) in [7, 11) is 0.269. The number of aryl methyl sites for hydroxylation is 2. The maximum Gasteiger partial charge on any atom is 0.264 e. The van der Waals surface area contributed by atoms with Crippen molar-refractivity contribution in [2.24, 2.45) is 0 Å². The van der Waals surface area contributed by atoms with Crippen molar-refractivity contribution in [3.8, 4) is 17.2 Å². The van der Waals surface area contributed by atoms with Crippen molar-refractivity contribution in [2.75, 3.05) is 37.5 Å². The van der Waals surface area contributed by atoms with E-state index in [0.717, 1.165) is 21.9 Å². The van der Waals surface area contributed by atoms with Gasteiger partial charge in [-0.1, -0.05) is 25.1 Å². The quantitative estimate of drug-likeness (QED) is 0.445. The summed E-state index contributed by atoms with van der Waals surface area (Å²) in [6.07, 6.45) is 0.726. The fraction of sp³-hybridized carbons (Fsp3) is 0.269. The lowest BCUT2D eigenvalue weighted by Gasteiger charge is -2.25. The fourth-order valence-corrected chi connectivity index (χ4v) is 5.12. The van der Waals surface area contributed by atoms with Crippen LogP contribution in [0.4, 0.5) is 11.4 Å². The van der Waals surface area contributed by atoms with Gasteiger partial charge in [0.1, 0.15) is 12.3 Å². The van der Waals surface area contributed by atoms with Gasteiger partial charge in [0.2, 0.25) is 5.91 Å². The minimum atomic E-state index is -4.15. The third kappa shape index (κ3) is 5.68. The van der Waals surface area contributed by atoms with Crippen molar-refractivity contribution < 1.29 is 27.4 Å². The molecule has 0 bridgehead atoms. The summed E-state index contributed by atoms with van der Waals surface area (Å²) in [6.45, 7) is 3.46. The maximum atomic E-state index is 13.8. The molecule has 0 aliphatic carbocycles. The first kappa shape index (κ1) is 25.9. The molecule has 8 nitrogen and oxygen atoms in total. The number of amides is 1. The van der Waals surface area contributed by atoms with Crippen molar-refractivity contribution in [3.05, 3.63) is 71.8 Å². The van der Waals surface area contributed by atoms with Gasteiger partial charge in [0, 0.05) is 11.8 Å². The average Bonchev–Trinajstić information content (AvgIpc) is 2.87. The molecule has 0 radical (unpaired) electrons. The Labute approximate surface area is 206 Å². The molecule has 0 spiro atoms. The Morgan fingerprint density at radius 2 is 1.60 bits per heavy atom. The molecular formula is C26H30N2O6S. The first-order valence-electron chi connectivity index (χ1n) is 11.0. The fourth-order valence-electron chi connectivity index (χ4n) is 3.68. The Bertz CT molecular complexity index is 1290. The molecule has 9 heteroatoms. The van der Waals surface area contributed by atoms with Crippen LogP contribution in [0.5, 0.6) is 17.2 Å². The van der Waals surface area contributed by atoms with E-state index in [1.165, 1.54) is 39.5 Å². The SMILES string of the molecule is CCc1cccc(C)c1NC(=O)CN(c1ccc(OC)cc1)S(=O)(=O)c1ccc(OC)c(OC)c1. The topological polar surface area (TPSA) is 94.2 Å². The van der Waals surface area contributed by atoms with Gasteiger partial charge < -0.3 is 19.5 Å². The van der Waals surface area contributed by atoms with Gasteiger partial charge in [0.05, 0.1) is 31.9 Å². The molecule has 35 heavy (non-hydrogen) atoms. The van der Waals surface area contributed by atoms with E-state index >= 15 is 0 Å². The van der Waals surface area contributed by atoms with E-state index in [2.05, 4.69) is 5.32 Å². The zero-order valence-electron chi connectivity index (χ0n) is 20.5. The third-order valence-corrected chi connectivity index (χ3v) is 7.36. The Hall–Kier alpha value is -3.72. The molecule has 1 N–H and O–H groups in total. The zero-order chi connectivity index (χ0) is 25.6. The molecule has 1 amide bonds. The van der Waals surface area contributed by atoms with Crippen LogP contribution in [0.2, 0.25) is 0 Å². The molecule has 0 aliphatic heterocycles. The van der Waals surface area contributed by atoms with Gasteiger partial charge in [0.15, 0.2) is 11.5 Å². The highest BCUT2D eigenvalue weighted by atomic mass is 32.2. The summed E-state index contributed by atoms with van der Waals surface area (Å²) in [5.74, 6) is 0.759. The van der Waals surface area contributed by atoms with Crippen LogP contribution in [0.15, 0.2) is 65.6 Å². The Morgan fingerprint density at radius 1 is 0.914 bits per heavy atom. The largest absolute Gasteiger partial charge is 0.497 e.